The van der Waals surface area contributed by atoms with Crippen molar-refractivity contribution in [1.29, 1.82) is 0 Å². The first-order chi connectivity index (χ1) is 10.1. The lowest BCUT2D eigenvalue weighted by atomic mass is 10.1. The number of rotatable bonds is 9. The molecule has 0 heterocycles. The quantitative estimate of drug-likeness (QED) is 0.339. The summed E-state index contributed by atoms with van der Waals surface area (Å²) in [5.41, 5.74) is 1.13. The number of halogens is 1. The van der Waals surface area contributed by atoms with E-state index in [9.17, 15) is 0 Å². The predicted octanol–water partition coefficient (Wildman–Crippen LogP) is 5.40. The van der Waals surface area contributed by atoms with Crippen LogP contribution in [0.2, 0.25) is 5.02 Å². The molecular weight excluding hydrogens is 280 g/mol. The Labute approximate surface area is 135 Å². The number of unbranched alkanes of at least 4 members (excludes halogenated alkanes) is 6. The lowest BCUT2D eigenvalue weighted by Gasteiger charge is -2.16. The van der Waals surface area contributed by atoms with E-state index in [-0.39, 0.29) is 0 Å². The van der Waals surface area contributed by atoms with Crippen molar-refractivity contribution in [3.8, 4) is 0 Å². The maximum Gasteiger partial charge on any atom is 0.130 e. The lowest BCUT2D eigenvalue weighted by Crippen LogP contribution is -2.23. The van der Waals surface area contributed by atoms with Crippen LogP contribution in [0.3, 0.4) is 0 Å². The third kappa shape index (κ3) is 7.52. The van der Waals surface area contributed by atoms with Gasteiger partial charge in [-0.25, -0.2) is 0 Å². The Morgan fingerprint density at radius 3 is 2.10 bits per heavy atom. The van der Waals surface area contributed by atoms with Crippen LogP contribution in [0, 0.1) is 0 Å². The first kappa shape index (κ1) is 18.0. The number of nitrogens with zero attached hydrogens (tertiary/aromatic N) is 2. The molecule has 0 aromatic heterocycles. The molecule has 2 nitrogen and oxygen atoms in total. The third-order valence-electron chi connectivity index (χ3n) is 3.55. The van der Waals surface area contributed by atoms with Crippen LogP contribution in [0.4, 0.5) is 0 Å². The average Bonchev–Trinajstić information content (AvgIpc) is 2.47. The molecule has 0 aliphatic carbocycles. The van der Waals surface area contributed by atoms with Crippen molar-refractivity contribution in [2.24, 2.45) is 4.99 Å². The average molecular weight is 309 g/mol. The molecule has 0 saturated carbocycles. The minimum atomic E-state index is 0.768. The summed E-state index contributed by atoms with van der Waals surface area (Å²) in [6.45, 7) is 3.16. The van der Waals surface area contributed by atoms with Crippen LogP contribution in [-0.2, 0) is 0 Å². The van der Waals surface area contributed by atoms with Crippen molar-refractivity contribution in [2.45, 2.75) is 51.9 Å². The summed E-state index contributed by atoms with van der Waals surface area (Å²) < 4.78 is 0. The second-order valence-corrected chi connectivity index (χ2v) is 6.16. The third-order valence-corrected chi connectivity index (χ3v) is 3.80. The maximum absolute atomic E-state index is 5.94. The second-order valence-electron chi connectivity index (χ2n) is 5.73. The summed E-state index contributed by atoms with van der Waals surface area (Å²) in [6.07, 6.45) is 9.25. The monoisotopic (exact) mass is 308 g/mol. The Morgan fingerprint density at radius 2 is 1.52 bits per heavy atom. The van der Waals surface area contributed by atoms with Crippen LogP contribution in [0.1, 0.15) is 57.4 Å². The Kier molecular flexibility index (Phi) is 9.16. The summed E-state index contributed by atoms with van der Waals surface area (Å²) in [6, 6.07) is 7.91. The molecule has 0 aliphatic heterocycles. The van der Waals surface area contributed by atoms with Crippen molar-refractivity contribution >= 4 is 17.4 Å². The van der Waals surface area contributed by atoms with E-state index in [0.717, 1.165) is 23.0 Å². The van der Waals surface area contributed by atoms with Gasteiger partial charge in [-0.3, -0.25) is 4.99 Å². The largest absolute Gasteiger partial charge is 0.363 e. The van der Waals surface area contributed by atoms with Crippen molar-refractivity contribution in [3.63, 3.8) is 0 Å². The standard InChI is InChI=1S/C18H29ClN2/c1-4-5-6-7-8-9-10-15-20-18(21(2)3)16-11-13-17(19)14-12-16/h11-14H,4-10,15H2,1-3H3. The van der Waals surface area contributed by atoms with Gasteiger partial charge >= 0.3 is 0 Å². The summed E-state index contributed by atoms with van der Waals surface area (Å²) in [5.74, 6) is 1.04. The Morgan fingerprint density at radius 1 is 0.952 bits per heavy atom. The summed E-state index contributed by atoms with van der Waals surface area (Å²) in [5, 5.41) is 0.768. The molecule has 0 spiro atoms. The minimum absolute atomic E-state index is 0.768. The molecule has 21 heavy (non-hydrogen) atoms. The molecular formula is C18H29ClN2. The van der Waals surface area contributed by atoms with Crippen LogP contribution in [0.25, 0.3) is 0 Å². The molecule has 0 radical (unpaired) electrons. The van der Waals surface area contributed by atoms with Gasteiger partial charge in [-0.2, -0.15) is 0 Å². The van der Waals surface area contributed by atoms with Gasteiger partial charge in [0.05, 0.1) is 0 Å². The van der Waals surface area contributed by atoms with Crippen LogP contribution in [0.15, 0.2) is 29.3 Å². The molecule has 0 aliphatic rings. The van der Waals surface area contributed by atoms with E-state index in [1.54, 1.807) is 0 Å². The van der Waals surface area contributed by atoms with E-state index in [2.05, 4.69) is 11.8 Å². The molecule has 0 bridgehead atoms. The van der Waals surface area contributed by atoms with E-state index in [1.807, 2.05) is 38.4 Å². The van der Waals surface area contributed by atoms with Crippen LogP contribution in [-0.4, -0.2) is 31.4 Å². The van der Waals surface area contributed by atoms with Gasteiger partial charge in [0.25, 0.3) is 0 Å². The van der Waals surface area contributed by atoms with Crippen molar-refractivity contribution in [1.82, 2.24) is 4.90 Å². The minimum Gasteiger partial charge on any atom is -0.363 e. The van der Waals surface area contributed by atoms with Gasteiger partial charge in [0.1, 0.15) is 5.84 Å². The Balaban J connectivity index is 2.38. The molecule has 1 rings (SSSR count). The lowest BCUT2D eigenvalue weighted by molar-refractivity contribution is 0.586. The van der Waals surface area contributed by atoms with Crippen LogP contribution >= 0.6 is 11.6 Å². The smallest absolute Gasteiger partial charge is 0.130 e. The van der Waals surface area contributed by atoms with Gasteiger partial charge in [0, 0.05) is 31.2 Å². The van der Waals surface area contributed by atoms with Gasteiger partial charge in [-0.15, -0.1) is 0 Å². The molecule has 1 aromatic rings. The Bertz CT molecular complexity index is 410. The van der Waals surface area contributed by atoms with Crippen molar-refractivity contribution < 1.29 is 0 Å². The molecule has 0 fully saturated rings. The van der Waals surface area contributed by atoms with Crippen molar-refractivity contribution in [2.75, 3.05) is 20.6 Å². The van der Waals surface area contributed by atoms with E-state index >= 15 is 0 Å². The Hall–Kier alpha value is -1.02. The number of hydrogen-bond donors (Lipinski definition) is 0. The predicted molar refractivity (Wildman–Crippen MR) is 94.5 cm³/mol. The topological polar surface area (TPSA) is 15.6 Å². The number of benzene rings is 1. The molecule has 0 unspecified atom stereocenters. The van der Waals surface area contributed by atoms with E-state index < -0.39 is 0 Å². The first-order valence-corrected chi connectivity index (χ1v) is 8.50. The number of aliphatic imine (C=N–C) groups is 1. The maximum atomic E-state index is 5.94. The number of hydrogen-bond acceptors (Lipinski definition) is 1. The fraction of sp³-hybridized carbons (Fsp3) is 0.611. The van der Waals surface area contributed by atoms with E-state index in [1.165, 1.54) is 44.9 Å². The molecule has 0 saturated heterocycles. The highest BCUT2D eigenvalue weighted by Gasteiger charge is 2.05. The number of amidine groups is 1. The molecule has 0 N–H and O–H groups in total. The van der Waals surface area contributed by atoms with E-state index in [4.69, 9.17) is 16.6 Å². The SMILES string of the molecule is CCCCCCCCCN=C(c1ccc(Cl)cc1)N(C)C. The zero-order valence-electron chi connectivity index (χ0n) is 13.7. The van der Waals surface area contributed by atoms with Crippen LogP contribution in [0.5, 0.6) is 0 Å². The highest BCUT2D eigenvalue weighted by atomic mass is 35.5. The first-order valence-electron chi connectivity index (χ1n) is 8.13. The van der Waals surface area contributed by atoms with Gasteiger partial charge in [0.2, 0.25) is 0 Å². The van der Waals surface area contributed by atoms with Gasteiger partial charge in [0.15, 0.2) is 0 Å². The van der Waals surface area contributed by atoms with Gasteiger partial charge in [-0.05, 0) is 30.7 Å². The van der Waals surface area contributed by atoms with Gasteiger partial charge in [-0.1, -0.05) is 57.0 Å². The molecule has 118 valence electrons. The van der Waals surface area contributed by atoms with Gasteiger partial charge < -0.3 is 4.90 Å². The molecule has 0 amide bonds. The van der Waals surface area contributed by atoms with Crippen molar-refractivity contribution in [3.05, 3.63) is 34.9 Å². The summed E-state index contributed by atoms with van der Waals surface area (Å²) >= 11 is 5.94. The molecule has 0 atom stereocenters. The zero-order valence-corrected chi connectivity index (χ0v) is 14.5. The highest BCUT2D eigenvalue weighted by Crippen LogP contribution is 2.12. The normalized spacial score (nSPS) is 11.7. The van der Waals surface area contributed by atoms with Crippen LogP contribution < -0.4 is 0 Å². The van der Waals surface area contributed by atoms with E-state index in [0.29, 0.717) is 0 Å². The second kappa shape index (κ2) is 10.7. The molecule has 3 heteroatoms. The summed E-state index contributed by atoms with van der Waals surface area (Å²) in [4.78, 5) is 6.83. The highest BCUT2D eigenvalue weighted by molar-refractivity contribution is 6.30. The zero-order chi connectivity index (χ0) is 15.5. The fourth-order valence-electron chi connectivity index (χ4n) is 2.34. The summed E-state index contributed by atoms with van der Waals surface area (Å²) in [7, 11) is 4.08. The molecule has 1 aromatic carbocycles. The fourth-order valence-corrected chi connectivity index (χ4v) is 2.47.